The van der Waals surface area contributed by atoms with Crippen LogP contribution in [0.25, 0.3) is 17.1 Å². The molecule has 1 fully saturated rings. The molecule has 0 bridgehead atoms. The van der Waals surface area contributed by atoms with Crippen LogP contribution in [0.5, 0.6) is 0 Å². The quantitative estimate of drug-likeness (QED) is 0.304. The molecule has 2 amide bonds. The summed E-state index contributed by atoms with van der Waals surface area (Å²) < 4.78 is 2.88. The van der Waals surface area contributed by atoms with Crippen LogP contribution in [-0.2, 0) is 6.61 Å². The van der Waals surface area contributed by atoms with Gasteiger partial charge in [0.1, 0.15) is 5.82 Å². The summed E-state index contributed by atoms with van der Waals surface area (Å²) in [7, 11) is 0. The van der Waals surface area contributed by atoms with Crippen LogP contribution in [0.1, 0.15) is 37.8 Å². The third-order valence-corrected chi connectivity index (χ3v) is 6.82. The van der Waals surface area contributed by atoms with Gasteiger partial charge < -0.3 is 10.4 Å². The number of rotatable bonds is 5. The normalized spacial score (nSPS) is 14.4. The molecule has 0 radical (unpaired) electrons. The van der Waals surface area contributed by atoms with E-state index in [1.54, 1.807) is 22.8 Å². The molecular weight excluding hydrogens is 562 g/mol. The SMILES string of the molecule is O=C(Nc1nc(-c2ccc(Cl)cc2Cl)n(-c2ccc(I)cc2)c1CO)NC1CCCCC1. The minimum Gasteiger partial charge on any atom is -0.390 e. The fraction of sp³-hybridized carbons (Fsp3) is 0.304. The fourth-order valence-electron chi connectivity index (χ4n) is 4.00. The molecule has 2 aromatic carbocycles. The maximum absolute atomic E-state index is 12.7. The largest absolute Gasteiger partial charge is 0.390 e. The van der Waals surface area contributed by atoms with Crippen LogP contribution in [-0.4, -0.2) is 26.7 Å². The van der Waals surface area contributed by atoms with Gasteiger partial charge in [0.05, 0.1) is 17.3 Å². The molecule has 0 aliphatic heterocycles. The van der Waals surface area contributed by atoms with Gasteiger partial charge >= 0.3 is 6.03 Å². The number of imidazole rings is 1. The number of carbonyl (C=O) groups is 1. The second-order valence-corrected chi connectivity index (χ2v) is 9.85. The van der Waals surface area contributed by atoms with Gasteiger partial charge in [0, 0.05) is 25.9 Å². The van der Waals surface area contributed by atoms with Gasteiger partial charge in [-0.3, -0.25) is 9.88 Å². The lowest BCUT2D eigenvalue weighted by atomic mass is 9.96. The van der Waals surface area contributed by atoms with Gasteiger partial charge in [-0.1, -0.05) is 42.5 Å². The second-order valence-electron chi connectivity index (χ2n) is 7.76. The van der Waals surface area contributed by atoms with Crippen molar-refractivity contribution in [1.82, 2.24) is 14.9 Å². The molecule has 1 aromatic heterocycles. The van der Waals surface area contributed by atoms with E-state index in [2.05, 4.69) is 38.2 Å². The second kappa shape index (κ2) is 10.4. The maximum atomic E-state index is 12.7. The molecule has 3 N–H and O–H groups in total. The summed E-state index contributed by atoms with van der Waals surface area (Å²) in [5.74, 6) is 0.797. The molecule has 0 spiro atoms. The van der Waals surface area contributed by atoms with E-state index >= 15 is 0 Å². The highest BCUT2D eigenvalue weighted by Gasteiger charge is 2.23. The number of hydrogen-bond acceptors (Lipinski definition) is 3. The number of aliphatic hydroxyl groups excluding tert-OH is 1. The third-order valence-electron chi connectivity index (χ3n) is 5.55. The third kappa shape index (κ3) is 5.22. The zero-order valence-electron chi connectivity index (χ0n) is 17.2. The van der Waals surface area contributed by atoms with Crippen LogP contribution >= 0.6 is 45.8 Å². The lowest BCUT2D eigenvalue weighted by Crippen LogP contribution is -2.39. The zero-order valence-corrected chi connectivity index (χ0v) is 20.9. The molecule has 32 heavy (non-hydrogen) atoms. The topological polar surface area (TPSA) is 79.2 Å². The van der Waals surface area contributed by atoms with Crippen LogP contribution in [0.15, 0.2) is 42.5 Å². The summed E-state index contributed by atoms with van der Waals surface area (Å²) >= 11 is 14.8. The van der Waals surface area contributed by atoms with Crippen LogP contribution in [0, 0.1) is 3.57 Å². The molecule has 0 saturated heterocycles. The van der Waals surface area contributed by atoms with Gasteiger partial charge in [0.15, 0.2) is 5.82 Å². The molecule has 3 aromatic rings. The van der Waals surface area contributed by atoms with Crippen molar-refractivity contribution in [2.24, 2.45) is 0 Å². The first-order valence-electron chi connectivity index (χ1n) is 10.5. The molecule has 4 rings (SSSR count). The van der Waals surface area contributed by atoms with Crippen molar-refractivity contribution in [2.45, 2.75) is 44.8 Å². The molecule has 0 atom stereocenters. The Bertz CT molecular complexity index is 1110. The van der Waals surface area contributed by atoms with E-state index in [-0.39, 0.29) is 18.7 Å². The molecule has 0 unspecified atom stereocenters. The number of halogens is 3. The van der Waals surface area contributed by atoms with Crippen LogP contribution < -0.4 is 10.6 Å². The first-order chi connectivity index (χ1) is 15.5. The van der Waals surface area contributed by atoms with Crippen molar-refractivity contribution in [2.75, 3.05) is 5.32 Å². The molecule has 1 heterocycles. The van der Waals surface area contributed by atoms with Crippen molar-refractivity contribution in [3.8, 4) is 17.1 Å². The summed E-state index contributed by atoms with van der Waals surface area (Å²) in [6.07, 6.45) is 5.40. The van der Waals surface area contributed by atoms with E-state index in [0.29, 0.717) is 32.9 Å². The summed E-state index contributed by atoms with van der Waals surface area (Å²) in [6.45, 7) is -0.316. The number of amides is 2. The van der Waals surface area contributed by atoms with E-state index < -0.39 is 0 Å². The average Bonchev–Trinajstić information content (AvgIpc) is 3.12. The number of benzene rings is 2. The standard InChI is InChI=1S/C23H23Cl2IN4O2/c24-14-6-11-18(19(25)12-14)22-28-21(29-23(32)27-16-4-2-1-3-5-16)20(13-31)30(22)17-9-7-15(26)8-10-17/h6-12,16,31H,1-5,13H2,(H2,27,29,32). The van der Waals surface area contributed by atoms with Gasteiger partial charge in [0.25, 0.3) is 0 Å². The van der Waals surface area contributed by atoms with E-state index in [1.165, 1.54) is 6.42 Å². The van der Waals surface area contributed by atoms with Gasteiger partial charge in [-0.05, 0) is 77.9 Å². The Morgan fingerprint density at radius 1 is 1.12 bits per heavy atom. The van der Waals surface area contributed by atoms with Crippen molar-refractivity contribution >= 4 is 57.6 Å². The van der Waals surface area contributed by atoms with Crippen LogP contribution in [0.4, 0.5) is 10.6 Å². The Balaban J connectivity index is 1.75. The summed E-state index contributed by atoms with van der Waals surface area (Å²) in [6, 6.07) is 12.8. The minimum absolute atomic E-state index is 0.157. The number of hydrogen-bond donors (Lipinski definition) is 3. The highest BCUT2D eigenvalue weighted by atomic mass is 127. The van der Waals surface area contributed by atoms with E-state index in [9.17, 15) is 9.90 Å². The van der Waals surface area contributed by atoms with Crippen molar-refractivity contribution < 1.29 is 9.90 Å². The van der Waals surface area contributed by atoms with E-state index in [4.69, 9.17) is 23.2 Å². The molecule has 168 valence electrons. The predicted molar refractivity (Wildman–Crippen MR) is 137 cm³/mol. The van der Waals surface area contributed by atoms with Gasteiger partial charge in [0.2, 0.25) is 0 Å². The van der Waals surface area contributed by atoms with E-state index in [0.717, 1.165) is 34.9 Å². The monoisotopic (exact) mass is 584 g/mol. The predicted octanol–water partition coefficient (Wildman–Crippen LogP) is 6.40. The van der Waals surface area contributed by atoms with Crippen LogP contribution in [0.2, 0.25) is 10.0 Å². The number of aliphatic hydroxyl groups is 1. The maximum Gasteiger partial charge on any atom is 0.320 e. The Kier molecular flexibility index (Phi) is 7.60. The van der Waals surface area contributed by atoms with E-state index in [1.807, 2.05) is 24.3 Å². The lowest BCUT2D eigenvalue weighted by Gasteiger charge is -2.22. The molecule has 1 aliphatic rings. The minimum atomic E-state index is -0.326. The molecule has 1 saturated carbocycles. The summed E-state index contributed by atoms with van der Waals surface area (Å²) in [5.41, 5.74) is 1.90. The Labute approximate surface area is 210 Å². The number of nitrogens with zero attached hydrogens (tertiary/aromatic N) is 2. The first kappa shape index (κ1) is 23.4. The summed E-state index contributed by atoms with van der Waals surface area (Å²) in [4.78, 5) is 17.4. The number of urea groups is 1. The van der Waals surface area contributed by atoms with Crippen molar-refractivity contribution in [1.29, 1.82) is 0 Å². The van der Waals surface area contributed by atoms with Crippen LogP contribution in [0.3, 0.4) is 0 Å². The molecule has 6 nitrogen and oxygen atoms in total. The van der Waals surface area contributed by atoms with Crippen molar-refractivity contribution in [3.05, 3.63) is 61.8 Å². The zero-order chi connectivity index (χ0) is 22.7. The Hall–Kier alpha value is -1.81. The lowest BCUT2D eigenvalue weighted by molar-refractivity contribution is 0.244. The number of nitrogens with one attached hydrogen (secondary N) is 2. The van der Waals surface area contributed by atoms with Gasteiger partial charge in [-0.2, -0.15) is 0 Å². The highest BCUT2D eigenvalue weighted by Crippen LogP contribution is 2.35. The fourth-order valence-corrected chi connectivity index (χ4v) is 4.85. The van der Waals surface area contributed by atoms with Crippen molar-refractivity contribution in [3.63, 3.8) is 0 Å². The number of carbonyl (C=O) groups excluding carboxylic acids is 1. The Morgan fingerprint density at radius 3 is 2.50 bits per heavy atom. The Morgan fingerprint density at radius 2 is 1.84 bits per heavy atom. The average molecular weight is 585 g/mol. The van der Waals surface area contributed by atoms with Gasteiger partial charge in [-0.15, -0.1) is 0 Å². The highest BCUT2D eigenvalue weighted by molar-refractivity contribution is 14.1. The first-order valence-corrected chi connectivity index (χ1v) is 12.3. The molecular formula is C23H23Cl2IN4O2. The molecule has 1 aliphatic carbocycles. The smallest absolute Gasteiger partial charge is 0.320 e. The number of anilines is 1. The number of aromatic nitrogens is 2. The van der Waals surface area contributed by atoms with Gasteiger partial charge in [-0.25, -0.2) is 9.78 Å². The summed E-state index contributed by atoms with van der Waals surface area (Å²) in [5, 5.41) is 17.0. The molecule has 9 heteroatoms.